The number of carbonyl (C=O) groups excluding carboxylic acids is 2. The van der Waals surface area contributed by atoms with E-state index >= 15 is 0 Å². The van der Waals surface area contributed by atoms with Crippen LogP contribution in [-0.4, -0.2) is 35.9 Å². The van der Waals surface area contributed by atoms with E-state index in [-0.39, 0.29) is 22.6 Å². The predicted molar refractivity (Wildman–Crippen MR) is 145 cm³/mol. The highest BCUT2D eigenvalue weighted by atomic mass is 32.2. The maximum Gasteiger partial charge on any atom is 0.255 e. The van der Waals surface area contributed by atoms with Crippen molar-refractivity contribution in [3.05, 3.63) is 126 Å². The van der Waals surface area contributed by atoms with Crippen LogP contribution in [0.2, 0.25) is 0 Å². The van der Waals surface area contributed by atoms with E-state index in [2.05, 4.69) is 10.3 Å². The maximum absolute atomic E-state index is 13.5. The Labute approximate surface area is 222 Å². The number of hydrogen-bond donors (Lipinski definition) is 1. The van der Waals surface area contributed by atoms with Crippen molar-refractivity contribution in [2.45, 2.75) is 30.2 Å². The van der Waals surface area contributed by atoms with Crippen LogP contribution in [0.5, 0.6) is 0 Å². The summed E-state index contributed by atoms with van der Waals surface area (Å²) in [6.45, 7) is 0.448. The number of nitrogens with one attached hydrogen (secondary N) is 1. The second-order valence-electron chi connectivity index (χ2n) is 9.16. The minimum absolute atomic E-state index is 0.117. The molecule has 1 aliphatic rings. The van der Waals surface area contributed by atoms with Crippen molar-refractivity contribution < 1.29 is 18.0 Å². The van der Waals surface area contributed by atoms with Crippen molar-refractivity contribution in [3.8, 4) is 0 Å². The summed E-state index contributed by atoms with van der Waals surface area (Å²) in [6, 6.07) is 25.1. The van der Waals surface area contributed by atoms with Crippen molar-refractivity contribution in [2.75, 3.05) is 11.9 Å². The van der Waals surface area contributed by atoms with Crippen LogP contribution in [0.3, 0.4) is 0 Å². The van der Waals surface area contributed by atoms with Crippen LogP contribution in [-0.2, 0) is 10.0 Å². The molecule has 7 nitrogen and oxygen atoms in total. The molecule has 1 aromatic heterocycles. The van der Waals surface area contributed by atoms with Gasteiger partial charge in [0.25, 0.3) is 5.91 Å². The molecule has 3 aromatic carbocycles. The minimum Gasteiger partial charge on any atom is -0.322 e. The number of aromatic nitrogens is 1. The Kier molecular flexibility index (Phi) is 7.44. The number of rotatable bonds is 7. The van der Waals surface area contributed by atoms with Crippen LogP contribution < -0.4 is 5.32 Å². The van der Waals surface area contributed by atoms with E-state index in [0.29, 0.717) is 28.9 Å². The summed E-state index contributed by atoms with van der Waals surface area (Å²) in [5.74, 6) is -0.471. The number of anilines is 1. The van der Waals surface area contributed by atoms with E-state index in [1.165, 1.54) is 12.1 Å². The molecule has 8 heteroatoms. The summed E-state index contributed by atoms with van der Waals surface area (Å²) < 4.78 is 28.6. The van der Waals surface area contributed by atoms with Crippen molar-refractivity contribution in [1.82, 2.24) is 9.29 Å². The third-order valence-electron chi connectivity index (χ3n) is 6.69. The van der Waals surface area contributed by atoms with Crippen LogP contribution in [0.4, 0.5) is 5.69 Å². The summed E-state index contributed by atoms with van der Waals surface area (Å²) in [7, 11) is -3.73. The second kappa shape index (κ2) is 11.1. The quantitative estimate of drug-likeness (QED) is 0.322. The van der Waals surface area contributed by atoms with Gasteiger partial charge >= 0.3 is 0 Å². The Morgan fingerprint density at radius 2 is 1.47 bits per heavy atom. The van der Waals surface area contributed by atoms with E-state index in [1.807, 2.05) is 18.2 Å². The molecule has 5 rings (SSSR count). The van der Waals surface area contributed by atoms with Crippen molar-refractivity contribution in [1.29, 1.82) is 0 Å². The van der Waals surface area contributed by atoms with Gasteiger partial charge in [0.2, 0.25) is 10.0 Å². The average molecular weight is 526 g/mol. The Morgan fingerprint density at radius 1 is 0.789 bits per heavy atom. The first kappa shape index (κ1) is 25.5. The number of piperidine rings is 1. The lowest BCUT2D eigenvalue weighted by molar-refractivity contribution is 0.102. The highest BCUT2D eigenvalue weighted by Gasteiger charge is 2.34. The smallest absolute Gasteiger partial charge is 0.255 e. The van der Waals surface area contributed by atoms with Crippen LogP contribution in [0.15, 0.2) is 108 Å². The van der Waals surface area contributed by atoms with Gasteiger partial charge in [-0.2, -0.15) is 4.31 Å². The lowest BCUT2D eigenvalue weighted by atomic mass is 9.99. The first-order chi connectivity index (χ1) is 18.4. The van der Waals surface area contributed by atoms with Crippen molar-refractivity contribution in [3.63, 3.8) is 0 Å². The molecule has 1 saturated heterocycles. The summed E-state index contributed by atoms with van der Waals surface area (Å²) in [6.07, 6.45) is 5.91. The standard InChI is InChI=1S/C30H27N3O4S/c34-29(22-7-2-1-3-8-22)23-11-13-24(14-12-23)30(35)32-26-15-17-27(18-16-26)38(36,37)33-20-5-4-10-28(33)25-9-6-19-31-21-25/h1-3,6-9,11-19,21,28H,4-5,10,20H2,(H,32,35)/t28-/m0/s1. The van der Waals surface area contributed by atoms with Gasteiger partial charge in [0.1, 0.15) is 0 Å². The zero-order valence-corrected chi connectivity index (χ0v) is 21.5. The molecular formula is C30H27N3O4S. The van der Waals surface area contributed by atoms with Crippen LogP contribution in [0.1, 0.15) is 57.1 Å². The highest BCUT2D eigenvalue weighted by Crippen LogP contribution is 2.35. The van der Waals surface area contributed by atoms with Gasteiger partial charge in [0.15, 0.2) is 5.78 Å². The summed E-state index contributed by atoms with van der Waals surface area (Å²) in [5, 5.41) is 2.79. The van der Waals surface area contributed by atoms with Gasteiger partial charge in [-0.05, 0) is 60.9 Å². The van der Waals surface area contributed by atoms with Gasteiger partial charge in [-0.3, -0.25) is 14.6 Å². The molecule has 2 heterocycles. The fourth-order valence-corrected chi connectivity index (χ4v) is 6.36. The SMILES string of the molecule is O=C(Nc1ccc(S(=O)(=O)N2CCCC[C@H]2c2cccnc2)cc1)c1ccc(C(=O)c2ccccc2)cc1. The maximum atomic E-state index is 13.5. The Bertz CT molecular complexity index is 1520. The Morgan fingerprint density at radius 3 is 2.16 bits per heavy atom. The van der Waals surface area contributed by atoms with Gasteiger partial charge in [-0.15, -0.1) is 0 Å². The summed E-state index contributed by atoms with van der Waals surface area (Å²) in [5.41, 5.74) is 2.82. The Balaban J connectivity index is 1.28. The van der Waals surface area contributed by atoms with Crippen LogP contribution in [0, 0.1) is 0 Å². The van der Waals surface area contributed by atoms with E-state index in [1.54, 1.807) is 77.4 Å². The van der Waals surface area contributed by atoms with Gasteiger partial charge in [0, 0.05) is 41.3 Å². The van der Waals surface area contributed by atoms with E-state index in [4.69, 9.17) is 0 Å². The lowest BCUT2D eigenvalue weighted by Gasteiger charge is -2.34. The van der Waals surface area contributed by atoms with E-state index < -0.39 is 10.0 Å². The molecule has 38 heavy (non-hydrogen) atoms. The molecule has 0 aliphatic carbocycles. The number of hydrogen-bond acceptors (Lipinski definition) is 5. The number of nitrogens with zero attached hydrogens (tertiary/aromatic N) is 2. The number of amides is 1. The zero-order valence-electron chi connectivity index (χ0n) is 20.7. The largest absolute Gasteiger partial charge is 0.322 e. The molecule has 192 valence electrons. The number of carbonyl (C=O) groups is 2. The van der Waals surface area contributed by atoms with Gasteiger partial charge in [-0.25, -0.2) is 8.42 Å². The van der Waals surface area contributed by atoms with Gasteiger partial charge in [-0.1, -0.05) is 55.0 Å². The first-order valence-electron chi connectivity index (χ1n) is 12.5. The normalized spacial score (nSPS) is 16.1. The van der Waals surface area contributed by atoms with Crippen molar-refractivity contribution in [2.24, 2.45) is 0 Å². The number of pyridine rings is 1. The van der Waals surface area contributed by atoms with E-state index in [0.717, 1.165) is 24.8 Å². The fourth-order valence-electron chi connectivity index (χ4n) is 4.68. The molecule has 0 radical (unpaired) electrons. The topological polar surface area (TPSA) is 96.4 Å². The summed E-state index contributed by atoms with van der Waals surface area (Å²) in [4.78, 5) is 29.7. The molecule has 1 aliphatic heterocycles. The third-order valence-corrected chi connectivity index (χ3v) is 8.61. The highest BCUT2D eigenvalue weighted by molar-refractivity contribution is 7.89. The molecule has 1 amide bonds. The van der Waals surface area contributed by atoms with Crippen molar-refractivity contribution >= 4 is 27.4 Å². The molecule has 4 aromatic rings. The fraction of sp³-hybridized carbons (Fsp3) is 0.167. The average Bonchev–Trinajstić information content (AvgIpc) is 2.98. The molecule has 1 fully saturated rings. The molecule has 0 saturated carbocycles. The monoisotopic (exact) mass is 525 g/mol. The Hall–Kier alpha value is -4.14. The second-order valence-corrected chi connectivity index (χ2v) is 11.1. The number of ketones is 1. The van der Waals surface area contributed by atoms with Crippen LogP contribution in [0.25, 0.3) is 0 Å². The minimum atomic E-state index is -3.73. The number of benzene rings is 3. The van der Waals surface area contributed by atoms with E-state index in [9.17, 15) is 18.0 Å². The first-order valence-corrected chi connectivity index (χ1v) is 13.9. The van der Waals surface area contributed by atoms with Crippen LogP contribution >= 0.6 is 0 Å². The molecule has 0 unspecified atom stereocenters. The molecular weight excluding hydrogens is 498 g/mol. The molecule has 1 N–H and O–H groups in total. The molecule has 1 atom stereocenters. The molecule has 0 bridgehead atoms. The number of sulfonamides is 1. The zero-order chi connectivity index (χ0) is 26.5. The van der Waals surface area contributed by atoms with Gasteiger partial charge < -0.3 is 5.32 Å². The lowest BCUT2D eigenvalue weighted by Crippen LogP contribution is -2.38. The third kappa shape index (κ3) is 5.41. The van der Waals surface area contributed by atoms with Gasteiger partial charge in [0.05, 0.1) is 10.9 Å². The molecule has 0 spiro atoms. The predicted octanol–water partition coefficient (Wildman–Crippen LogP) is 5.48. The summed E-state index contributed by atoms with van der Waals surface area (Å²) >= 11 is 0.